The summed E-state index contributed by atoms with van der Waals surface area (Å²) in [6, 6.07) is 0. The second kappa shape index (κ2) is 7.49. The van der Waals surface area contributed by atoms with Crippen LogP contribution in [0.2, 0.25) is 0 Å². The third-order valence-corrected chi connectivity index (χ3v) is 2.80. The zero-order chi connectivity index (χ0) is 13.5. The minimum absolute atomic E-state index is 0.0165. The van der Waals surface area contributed by atoms with E-state index < -0.39 is 0 Å². The van der Waals surface area contributed by atoms with Crippen LogP contribution in [0.15, 0.2) is 11.6 Å². The van der Waals surface area contributed by atoms with Gasteiger partial charge in [0.05, 0.1) is 0 Å². The van der Waals surface area contributed by atoms with Gasteiger partial charge in [-0.1, -0.05) is 33.8 Å². The fourth-order valence-corrected chi connectivity index (χ4v) is 1.75. The van der Waals surface area contributed by atoms with Crippen molar-refractivity contribution < 1.29 is 4.79 Å². The summed E-state index contributed by atoms with van der Waals surface area (Å²) in [4.78, 5) is 14.2. The van der Waals surface area contributed by atoms with Gasteiger partial charge < -0.3 is 10.6 Å². The summed E-state index contributed by atoms with van der Waals surface area (Å²) in [5, 5.41) is 0. The summed E-state index contributed by atoms with van der Waals surface area (Å²) < 4.78 is 0. The van der Waals surface area contributed by atoms with E-state index in [-0.39, 0.29) is 11.3 Å². The molecule has 0 aromatic heterocycles. The highest BCUT2D eigenvalue weighted by atomic mass is 16.2. The van der Waals surface area contributed by atoms with Gasteiger partial charge in [-0.3, -0.25) is 4.79 Å². The number of carbonyl (C=O) groups excluding carboxylic acids is 1. The molecule has 0 aliphatic heterocycles. The van der Waals surface area contributed by atoms with Gasteiger partial charge in [0.25, 0.3) is 0 Å². The molecule has 0 rings (SSSR count). The van der Waals surface area contributed by atoms with Crippen molar-refractivity contribution in [3.63, 3.8) is 0 Å². The van der Waals surface area contributed by atoms with Crippen LogP contribution in [0.25, 0.3) is 0 Å². The maximum atomic E-state index is 12.2. The highest BCUT2D eigenvalue weighted by Crippen LogP contribution is 2.17. The first-order chi connectivity index (χ1) is 7.87. The van der Waals surface area contributed by atoms with E-state index in [9.17, 15) is 4.79 Å². The third-order valence-electron chi connectivity index (χ3n) is 2.80. The minimum atomic E-state index is -0.0165. The van der Waals surface area contributed by atoms with Crippen LogP contribution < -0.4 is 5.73 Å². The van der Waals surface area contributed by atoms with Gasteiger partial charge >= 0.3 is 0 Å². The Morgan fingerprint density at radius 3 is 2.35 bits per heavy atom. The maximum absolute atomic E-state index is 12.2. The quantitative estimate of drug-likeness (QED) is 0.695. The molecule has 0 saturated carbocycles. The van der Waals surface area contributed by atoms with Gasteiger partial charge in [-0.15, -0.1) is 0 Å². The van der Waals surface area contributed by atoms with Gasteiger partial charge in [0.15, 0.2) is 0 Å². The monoisotopic (exact) mass is 240 g/mol. The van der Waals surface area contributed by atoms with E-state index >= 15 is 0 Å². The minimum Gasteiger partial charge on any atom is -0.338 e. The summed E-state index contributed by atoms with van der Waals surface area (Å²) in [5.74, 6) is 0.148. The van der Waals surface area contributed by atoms with Crippen LogP contribution in [0, 0.1) is 5.41 Å². The van der Waals surface area contributed by atoms with Gasteiger partial charge in [-0.25, -0.2) is 0 Å². The normalized spacial score (nSPS) is 12.7. The molecular weight excluding hydrogens is 212 g/mol. The largest absolute Gasteiger partial charge is 0.338 e. The van der Waals surface area contributed by atoms with Gasteiger partial charge in [0.2, 0.25) is 5.91 Å². The van der Waals surface area contributed by atoms with Crippen molar-refractivity contribution in [1.29, 1.82) is 0 Å². The molecule has 0 aromatic rings. The molecule has 2 N–H and O–H groups in total. The smallest absolute Gasteiger partial charge is 0.249 e. The number of hydrogen-bond donors (Lipinski definition) is 1. The predicted molar refractivity (Wildman–Crippen MR) is 73.8 cm³/mol. The Morgan fingerprint density at radius 2 is 1.94 bits per heavy atom. The van der Waals surface area contributed by atoms with Gasteiger partial charge in [-0.05, 0) is 31.7 Å². The van der Waals surface area contributed by atoms with Crippen LogP contribution in [0.3, 0.4) is 0 Å². The molecule has 0 fully saturated rings. The first kappa shape index (κ1) is 16.2. The van der Waals surface area contributed by atoms with E-state index in [1.54, 1.807) is 0 Å². The number of carbonyl (C=O) groups is 1. The molecular formula is C14H28N2O. The molecule has 17 heavy (non-hydrogen) atoms. The van der Waals surface area contributed by atoms with Crippen molar-refractivity contribution in [1.82, 2.24) is 4.90 Å². The fraction of sp³-hybridized carbons (Fsp3) is 0.786. The van der Waals surface area contributed by atoms with E-state index in [0.717, 1.165) is 31.5 Å². The van der Waals surface area contributed by atoms with Crippen molar-refractivity contribution in [3.8, 4) is 0 Å². The lowest BCUT2D eigenvalue weighted by atomic mass is 9.92. The van der Waals surface area contributed by atoms with Crippen molar-refractivity contribution >= 4 is 5.91 Å². The molecule has 1 amide bonds. The molecule has 0 atom stereocenters. The number of hydrogen-bond acceptors (Lipinski definition) is 2. The lowest BCUT2D eigenvalue weighted by molar-refractivity contribution is -0.128. The molecule has 0 bridgehead atoms. The Bertz CT molecular complexity index is 269. The van der Waals surface area contributed by atoms with Crippen LogP contribution >= 0.6 is 0 Å². The van der Waals surface area contributed by atoms with E-state index in [1.165, 1.54) is 0 Å². The van der Waals surface area contributed by atoms with E-state index in [1.807, 2.05) is 24.8 Å². The van der Waals surface area contributed by atoms with Gasteiger partial charge in [-0.2, -0.15) is 0 Å². The van der Waals surface area contributed by atoms with Gasteiger partial charge in [0, 0.05) is 18.7 Å². The van der Waals surface area contributed by atoms with E-state index in [2.05, 4.69) is 20.8 Å². The van der Waals surface area contributed by atoms with Crippen LogP contribution in [-0.4, -0.2) is 30.4 Å². The van der Waals surface area contributed by atoms with Crippen LogP contribution in [-0.2, 0) is 4.79 Å². The highest BCUT2D eigenvalue weighted by molar-refractivity contribution is 5.92. The summed E-state index contributed by atoms with van der Waals surface area (Å²) in [7, 11) is 0. The summed E-state index contributed by atoms with van der Waals surface area (Å²) >= 11 is 0. The molecule has 3 nitrogen and oxygen atoms in total. The topological polar surface area (TPSA) is 46.3 Å². The molecule has 0 aromatic carbocycles. The Morgan fingerprint density at radius 1 is 1.35 bits per heavy atom. The lowest BCUT2D eigenvalue weighted by Crippen LogP contribution is -2.42. The molecule has 0 aliphatic rings. The van der Waals surface area contributed by atoms with E-state index in [4.69, 9.17) is 5.73 Å². The maximum Gasteiger partial charge on any atom is 0.249 e. The first-order valence-corrected chi connectivity index (χ1v) is 6.54. The SMILES string of the molecule is CCC=C(C)C(=O)N(CCC)CC(C)(C)CN. The summed E-state index contributed by atoms with van der Waals surface area (Å²) in [6.07, 6.45) is 3.87. The Kier molecular flexibility index (Phi) is 7.12. The molecule has 100 valence electrons. The zero-order valence-electron chi connectivity index (χ0n) is 12.0. The van der Waals surface area contributed by atoms with Crippen molar-refractivity contribution in [2.45, 2.75) is 47.5 Å². The zero-order valence-corrected chi connectivity index (χ0v) is 12.0. The number of allylic oxidation sites excluding steroid dienone is 1. The molecule has 0 radical (unpaired) electrons. The van der Waals surface area contributed by atoms with Crippen LogP contribution in [0.1, 0.15) is 47.5 Å². The van der Waals surface area contributed by atoms with Crippen LogP contribution in [0.5, 0.6) is 0 Å². The lowest BCUT2D eigenvalue weighted by Gasteiger charge is -2.32. The highest BCUT2D eigenvalue weighted by Gasteiger charge is 2.23. The Balaban J connectivity index is 4.74. The molecule has 0 spiro atoms. The van der Waals surface area contributed by atoms with Crippen molar-refractivity contribution in [2.24, 2.45) is 11.1 Å². The number of rotatable bonds is 7. The Labute approximate surface area is 106 Å². The average Bonchev–Trinajstić information content (AvgIpc) is 2.27. The van der Waals surface area contributed by atoms with Crippen molar-refractivity contribution in [2.75, 3.05) is 19.6 Å². The fourth-order valence-electron chi connectivity index (χ4n) is 1.75. The Hall–Kier alpha value is -0.830. The van der Waals surface area contributed by atoms with Gasteiger partial charge in [0.1, 0.15) is 0 Å². The van der Waals surface area contributed by atoms with E-state index in [0.29, 0.717) is 6.54 Å². The second-order valence-corrected chi connectivity index (χ2v) is 5.39. The summed E-state index contributed by atoms with van der Waals surface area (Å²) in [6.45, 7) is 12.4. The average molecular weight is 240 g/mol. The molecule has 3 heteroatoms. The molecule has 0 saturated heterocycles. The van der Waals surface area contributed by atoms with Crippen LogP contribution in [0.4, 0.5) is 0 Å². The second-order valence-electron chi connectivity index (χ2n) is 5.39. The first-order valence-electron chi connectivity index (χ1n) is 6.54. The number of nitrogens with two attached hydrogens (primary N) is 1. The summed E-state index contributed by atoms with van der Waals surface area (Å²) in [5.41, 5.74) is 6.56. The standard InChI is InChI=1S/C14H28N2O/c1-6-8-12(3)13(17)16(9-7-2)11-14(4,5)10-15/h8H,6-7,9-11,15H2,1-5H3. The molecule has 0 aliphatic carbocycles. The number of nitrogens with zero attached hydrogens (tertiary/aromatic N) is 1. The molecule has 0 heterocycles. The van der Waals surface area contributed by atoms with Crippen molar-refractivity contribution in [3.05, 3.63) is 11.6 Å². The molecule has 0 unspecified atom stereocenters. The third kappa shape index (κ3) is 5.87. The predicted octanol–water partition coefficient (Wildman–Crippen LogP) is 2.57. The number of amides is 1.